The zero-order chi connectivity index (χ0) is 17.6. The van der Waals surface area contributed by atoms with Crippen molar-refractivity contribution in [1.82, 2.24) is 10.2 Å². The smallest absolute Gasteiger partial charge is 0.262 e. The van der Waals surface area contributed by atoms with Crippen molar-refractivity contribution < 1.29 is 23.9 Å². The van der Waals surface area contributed by atoms with Crippen LogP contribution in [0.1, 0.15) is 54.3 Å². The van der Waals surface area contributed by atoms with E-state index in [-0.39, 0.29) is 24.0 Å². The molecule has 1 atom stereocenters. The Labute approximate surface area is 139 Å². The molecule has 3 rings (SSSR count). The van der Waals surface area contributed by atoms with Crippen molar-refractivity contribution in [2.24, 2.45) is 0 Å². The minimum atomic E-state index is -0.956. The van der Waals surface area contributed by atoms with E-state index >= 15 is 0 Å². The highest BCUT2D eigenvalue weighted by Gasteiger charge is 2.44. The minimum absolute atomic E-state index is 0.0994. The number of fused-ring (bicyclic) bond motifs is 1. The summed E-state index contributed by atoms with van der Waals surface area (Å²) in [6, 6.07) is 3.72. The molecule has 0 aromatic heterocycles. The molecule has 7 heteroatoms. The van der Waals surface area contributed by atoms with Crippen molar-refractivity contribution in [3.63, 3.8) is 0 Å². The zero-order valence-corrected chi connectivity index (χ0v) is 13.7. The summed E-state index contributed by atoms with van der Waals surface area (Å²) in [5, 5.41) is 2.17. The van der Waals surface area contributed by atoms with Gasteiger partial charge in [-0.05, 0) is 45.4 Å². The number of carbonyl (C=O) groups is 4. The number of ether oxygens (including phenoxy) is 1. The molecule has 24 heavy (non-hydrogen) atoms. The Balaban J connectivity index is 1.91. The second-order valence-electron chi connectivity index (χ2n) is 6.87. The normalized spacial score (nSPS) is 21.0. The number of nitrogens with one attached hydrogen (secondary N) is 1. The maximum absolute atomic E-state index is 12.6. The number of hydrogen-bond donors (Lipinski definition) is 1. The van der Waals surface area contributed by atoms with Gasteiger partial charge in [0.2, 0.25) is 11.8 Å². The number of amides is 4. The number of hydrogen-bond acceptors (Lipinski definition) is 5. The summed E-state index contributed by atoms with van der Waals surface area (Å²) in [5.41, 5.74) is 0.0147. The van der Waals surface area contributed by atoms with Gasteiger partial charge in [0.05, 0.1) is 11.1 Å². The van der Waals surface area contributed by atoms with Gasteiger partial charge in [0.1, 0.15) is 17.4 Å². The van der Waals surface area contributed by atoms with Crippen LogP contribution in [0.2, 0.25) is 0 Å². The summed E-state index contributed by atoms with van der Waals surface area (Å²) in [6.07, 6.45) is 0.240. The molecule has 0 bridgehead atoms. The molecular formula is C17H18N2O5. The SMILES string of the molecule is CC(C)(C)Oc1ccc2c(c1)C(=O)N(C1CCC(=O)NC1=O)C2=O. The number of carbonyl (C=O) groups excluding carboxylic acids is 4. The largest absolute Gasteiger partial charge is 0.488 e. The van der Waals surface area contributed by atoms with Crippen molar-refractivity contribution in [3.8, 4) is 5.75 Å². The van der Waals surface area contributed by atoms with Crippen LogP contribution in [0.4, 0.5) is 0 Å². The molecule has 2 aliphatic rings. The molecule has 1 unspecified atom stereocenters. The standard InChI is InChI=1S/C17H18N2O5/c1-17(2,3)24-9-4-5-10-11(8-9)16(23)19(15(10)22)12-6-7-13(20)18-14(12)21/h4-5,8,12H,6-7H2,1-3H3,(H,18,20,21). The van der Waals surface area contributed by atoms with Crippen LogP contribution in [-0.2, 0) is 9.59 Å². The first-order valence-corrected chi connectivity index (χ1v) is 7.72. The van der Waals surface area contributed by atoms with E-state index in [0.717, 1.165) is 4.90 Å². The number of piperidine rings is 1. The van der Waals surface area contributed by atoms with Gasteiger partial charge in [0, 0.05) is 6.42 Å². The van der Waals surface area contributed by atoms with Crippen LogP contribution in [-0.4, -0.2) is 40.2 Å². The Morgan fingerprint density at radius 2 is 1.75 bits per heavy atom. The molecule has 1 saturated heterocycles. The van der Waals surface area contributed by atoms with Crippen LogP contribution in [0.25, 0.3) is 0 Å². The lowest BCUT2D eigenvalue weighted by atomic mass is 10.0. The first-order valence-electron chi connectivity index (χ1n) is 7.72. The first kappa shape index (κ1) is 16.2. The molecule has 4 amide bonds. The van der Waals surface area contributed by atoms with Gasteiger partial charge in [-0.1, -0.05) is 0 Å². The van der Waals surface area contributed by atoms with Crippen molar-refractivity contribution in [2.45, 2.75) is 45.3 Å². The monoisotopic (exact) mass is 330 g/mol. The topological polar surface area (TPSA) is 92.8 Å². The lowest BCUT2D eigenvalue weighted by Crippen LogP contribution is -2.54. The van der Waals surface area contributed by atoms with E-state index in [0.29, 0.717) is 5.75 Å². The average molecular weight is 330 g/mol. The Kier molecular flexibility index (Phi) is 3.66. The molecule has 0 aliphatic carbocycles. The Morgan fingerprint density at radius 3 is 2.38 bits per heavy atom. The Bertz CT molecular complexity index is 763. The molecule has 0 saturated carbocycles. The van der Waals surface area contributed by atoms with Crippen LogP contribution < -0.4 is 10.1 Å². The quantitative estimate of drug-likeness (QED) is 0.824. The van der Waals surface area contributed by atoms with Gasteiger partial charge in [0.15, 0.2) is 0 Å². The lowest BCUT2D eigenvalue weighted by Gasteiger charge is -2.27. The minimum Gasteiger partial charge on any atom is -0.488 e. The summed E-state index contributed by atoms with van der Waals surface area (Å²) >= 11 is 0. The fourth-order valence-electron chi connectivity index (χ4n) is 2.87. The molecular weight excluding hydrogens is 312 g/mol. The number of rotatable bonds is 2. The van der Waals surface area contributed by atoms with Crippen molar-refractivity contribution in [3.05, 3.63) is 29.3 Å². The maximum atomic E-state index is 12.6. The van der Waals surface area contributed by atoms with E-state index in [1.807, 2.05) is 20.8 Å². The van der Waals surface area contributed by atoms with Crippen LogP contribution in [0, 0.1) is 0 Å². The fraction of sp³-hybridized carbons (Fsp3) is 0.412. The number of imide groups is 2. The summed E-state index contributed by atoms with van der Waals surface area (Å²) in [5.74, 6) is -1.59. The van der Waals surface area contributed by atoms with Crippen LogP contribution in [0.15, 0.2) is 18.2 Å². The third kappa shape index (κ3) is 2.77. The van der Waals surface area contributed by atoms with Gasteiger partial charge in [-0.15, -0.1) is 0 Å². The first-order chi connectivity index (χ1) is 11.2. The van der Waals surface area contributed by atoms with E-state index in [1.165, 1.54) is 12.1 Å². The van der Waals surface area contributed by atoms with Crippen molar-refractivity contribution in [1.29, 1.82) is 0 Å². The van der Waals surface area contributed by atoms with Gasteiger partial charge >= 0.3 is 0 Å². The third-order valence-electron chi connectivity index (χ3n) is 3.84. The van der Waals surface area contributed by atoms with E-state index < -0.39 is 35.3 Å². The second kappa shape index (κ2) is 5.43. The Morgan fingerprint density at radius 1 is 1.08 bits per heavy atom. The van der Waals surface area contributed by atoms with Crippen LogP contribution in [0.3, 0.4) is 0 Å². The summed E-state index contributed by atoms with van der Waals surface area (Å²) in [7, 11) is 0. The van der Waals surface area contributed by atoms with E-state index in [9.17, 15) is 19.2 Å². The molecule has 1 fully saturated rings. The predicted molar refractivity (Wildman–Crippen MR) is 83.5 cm³/mol. The number of nitrogens with zero attached hydrogens (tertiary/aromatic N) is 1. The third-order valence-corrected chi connectivity index (χ3v) is 3.84. The van der Waals surface area contributed by atoms with Gasteiger partial charge in [0.25, 0.3) is 11.8 Å². The molecule has 1 aromatic rings. The van der Waals surface area contributed by atoms with Crippen molar-refractivity contribution >= 4 is 23.6 Å². The molecule has 0 spiro atoms. The fourth-order valence-corrected chi connectivity index (χ4v) is 2.87. The Hall–Kier alpha value is -2.70. The van der Waals surface area contributed by atoms with Gasteiger partial charge in [-0.25, -0.2) is 0 Å². The molecule has 126 valence electrons. The van der Waals surface area contributed by atoms with Crippen molar-refractivity contribution in [2.75, 3.05) is 0 Å². The maximum Gasteiger partial charge on any atom is 0.262 e. The average Bonchev–Trinajstić information content (AvgIpc) is 2.70. The highest BCUT2D eigenvalue weighted by molar-refractivity contribution is 6.23. The van der Waals surface area contributed by atoms with Gasteiger partial charge < -0.3 is 4.74 Å². The molecule has 1 N–H and O–H groups in total. The van der Waals surface area contributed by atoms with E-state index in [4.69, 9.17) is 4.74 Å². The zero-order valence-electron chi connectivity index (χ0n) is 13.7. The lowest BCUT2D eigenvalue weighted by molar-refractivity contribution is -0.136. The summed E-state index contributed by atoms with van der Waals surface area (Å²) in [4.78, 5) is 49.3. The number of benzene rings is 1. The highest BCUT2D eigenvalue weighted by Crippen LogP contribution is 2.31. The van der Waals surface area contributed by atoms with Gasteiger partial charge in [-0.3, -0.25) is 29.4 Å². The molecule has 1 aromatic carbocycles. The predicted octanol–water partition coefficient (Wildman–Crippen LogP) is 1.27. The van der Waals surface area contributed by atoms with E-state index in [1.54, 1.807) is 6.07 Å². The summed E-state index contributed by atoms with van der Waals surface area (Å²) in [6.45, 7) is 5.63. The second-order valence-corrected chi connectivity index (χ2v) is 6.87. The highest BCUT2D eigenvalue weighted by atomic mass is 16.5. The van der Waals surface area contributed by atoms with Crippen LogP contribution >= 0.6 is 0 Å². The molecule has 0 radical (unpaired) electrons. The van der Waals surface area contributed by atoms with Gasteiger partial charge in [-0.2, -0.15) is 0 Å². The van der Waals surface area contributed by atoms with Crippen LogP contribution in [0.5, 0.6) is 5.75 Å². The molecule has 2 heterocycles. The van der Waals surface area contributed by atoms with E-state index in [2.05, 4.69) is 5.32 Å². The molecule has 7 nitrogen and oxygen atoms in total. The molecule has 2 aliphatic heterocycles. The summed E-state index contributed by atoms with van der Waals surface area (Å²) < 4.78 is 5.72.